The first-order valence-electron chi connectivity index (χ1n) is 14.3. The molecule has 0 saturated heterocycles. The van der Waals surface area contributed by atoms with Gasteiger partial charge in [0.05, 0.1) is 26.2 Å². The molecule has 1 rings (SSSR count). The van der Waals surface area contributed by atoms with E-state index in [1.54, 1.807) is 49.2 Å². The number of likely N-dealkylation sites (N-methyl/N-ethyl adjacent to an activating group) is 1. The summed E-state index contributed by atoms with van der Waals surface area (Å²) in [5.74, 6) is -1.60. The van der Waals surface area contributed by atoms with Crippen molar-refractivity contribution in [1.29, 1.82) is 0 Å². The molecule has 0 fully saturated rings. The van der Waals surface area contributed by atoms with Crippen LogP contribution in [-0.4, -0.2) is 75.0 Å². The minimum Gasteiger partial charge on any atom is -0.466 e. The Bertz CT molecular complexity index is 1040. The maximum atomic E-state index is 14.0. The summed E-state index contributed by atoms with van der Waals surface area (Å²) >= 11 is 0. The lowest BCUT2D eigenvalue weighted by molar-refractivity contribution is -0.152. The van der Waals surface area contributed by atoms with Gasteiger partial charge in [-0.1, -0.05) is 57.7 Å². The third-order valence-corrected chi connectivity index (χ3v) is 7.55. The summed E-state index contributed by atoms with van der Waals surface area (Å²) in [6.45, 7) is 6.41. The van der Waals surface area contributed by atoms with Gasteiger partial charge in [0.25, 0.3) is 5.91 Å². The van der Waals surface area contributed by atoms with E-state index in [4.69, 9.17) is 18.7 Å². The van der Waals surface area contributed by atoms with Gasteiger partial charge in [-0.3, -0.25) is 29.1 Å². The third-order valence-electron chi connectivity index (χ3n) is 5.82. The van der Waals surface area contributed by atoms with E-state index in [-0.39, 0.29) is 25.6 Å². The van der Waals surface area contributed by atoms with Crippen LogP contribution in [0.25, 0.3) is 0 Å². The molecule has 2 atom stereocenters. The Balaban J connectivity index is 2.98. The van der Waals surface area contributed by atoms with Crippen LogP contribution < -0.4 is 14.9 Å². The average Bonchev–Trinajstić information content (AvgIpc) is 2.96. The van der Waals surface area contributed by atoms with Gasteiger partial charge in [0.2, 0.25) is 6.41 Å². The summed E-state index contributed by atoms with van der Waals surface area (Å²) in [6.07, 6.45) is 6.08. The largest absolute Gasteiger partial charge is 0.466 e. The number of carbonyl (C=O) groups excluding carboxylic acids is 4. The fourth-order valence-electron chi connectivity index (χ4n) is 3.56. The zero-order chi connectivity index (χ0) is 31.2. The number of para-hydroxylation sites is 1. The monoisotopic (exact) mass is 611 g/mol. The maximum absolute atomic E-state index is 14.0. The molecule has 0 aromatic heterocycles. The highest BCUT2D eigenvalue weighted by atomic mass is 31.2. The first kappa shape index (κ1) is 36.8. The van der Waals surface area contributed by atoms with E-state index < -0.39 is 44.2 Å². The molecule has 0 saturated carbocycles. The van der Waals surface area contributed by atoms with Gasteiger partial charge in [-0.15, -0.1) is 0 Å². The van der Waals surface area contributed by atoms with Crippen LogP contribution in [0.3, 0.4) is 0 Å². The van der Waals surface area contributed by atoms with Crippen LogP contribution in [0.1, 0.15) is 65.7 Å². The molecule has 236 valence electrons. The number of carbonyl (C=O) groups is 4. The first-order chi connectivity index (χ1) is 20.1. The second-order valence-electron chi connectivity index (χ2n) is 9.69. The highest BCUT2D eigenvalue weighted by molar-refractivity contribution is 7.57. The van der Waals surface area contributed by atoms with E-state index in [9.17, 15) is 23.7 Å². The zero-order valence-corrected chi connectivity index (χ0v) is 26.1. The van der Waals surface area contributed by atoms with Gasteiger partial charge in [-0.05, 0) is 31.9 Å². The van der Waals surface area contributed by atoms with E-state index in [0.717, 1.165) is 25.7 Å². The number of benzene rings is 1. The molecule has 1 aromatic carbocycles. The van der Waals surface area contributed by atoms with E-state index in [2.05, 4.69) is 10.4 Å². The predicted octanol–water partition coefficient (Wildman–Crippen LogP) is 4.16. The van der Waals surface area contributed by atoms with Gasteiger partial charge < -0.3 is 23.6 Å². The molecule has 0 radical (unpaired) electrons. The summed E-state index contributed by atoms with van der Waals surface area (Å²) in [7, 11) is -2.21. The molecule has 0 aliphatic carbocycles. The molecule has 12 nitrogen and oxygen atoms in total. The summed E-state index contributed by atoms with van der Waals surface area (Å²) in [5.41, 5.74) is 0.311. The predicted molar refractivity (Wildman–Crippen MR) is 159 cm³/mol. The van der Waals surface area contributed by atoms with Crippen LogP contribution in [0.5, 0.6) is 5.75 Å². The SMILES string of the molecule is CCCCCOC(=O)C[C@H](NP(=O)(COCCN(C)/C=C(/C)C(=O)NC=O)Oc1ccccc1)C(=O)OCCCCC. The number of amides is 2. The summed E-state index contributed by atoms with van der Waals surface area (Å²) < 4.78 is 36.1. The van der Waals surface area contributed by atoms with Crippen molar-refractivity contribution in [1.82, 2.24) is 15.3 Å². The van der Waals surface area contributed by atoms with Crippen LogP contribution in [0.15, 0.2) is 42.1 Å². The van der Waals surface area contributed by atoms with Crippen molar-refractivity contribution in [2.45, 2.75) is 71.8 Å². The van der Waals surface area contributed by atoms with Crippen molar-refractivity contribution < 1.29 is 42.5 Å². The highest BCUT2D eigenvalue weighted by Gasteiger charge is 2.35. The summed E-state index contributed by atoms with van der Waals surface area (Å²) in [6, 6.07) is 7.12. The molecular formula is C29H46N3O9P. The number of unbranched alkanes of at least 4 members (excludes halogenated alkanes) is 4. The minimum absolute atomic E-state index is 0.0883. The van der Waals surface area contributed by atoms with Gasteiger partial charge in [0.15, 0.2) is 0 Å². The van der Waals surface area contributed by atoms with Crippen molar-refractivity contribution in [3.8, 4) is 5.75 Å². The lowest BCUT2D eigenvalue weighted by atomic mass is 10.2. The van der Waals surface area contributed by atoms with Crippen molar-refractivity contribution in [3.05, 3.63) is 42.1 Å². The van der Waals surface area contributed by atoms with E-state index in [1.165, 1.54) is 6.20 Å². The maximum Gasteiger partial charge on any atom is 0.342 e. The zero-order valence-electron chi connectivity index (χ0n) is 25.2. The highest BCUT2D eigenvalue weighted by Crippen LogP contribution is 2.44. The average molecular weight is 612 g/mol. The Morgan fingerprint density at radius 2 is 1.62 bits per heavy atom. The smallest absolute Gasteiger partial charge is 0.342 e. The number of nitrogens with one attached hydrogen (secondary N) is 2. The minimum atomic E-state index is -3.92. The molecule has 2 amide bonds. The molecule has 0 aliphatic heterocycles. The number of esters is 2. The fraction of sp³-hybridized carbons (Fsp3) is 0.586. The van der Waals surface area contributed by atoms with Crippen LogP contribution in [0.2, 0.25) is 0 Å². The number of imide groups is 1. The van der Waals surface area contributed by atoms with Crippen molar-refractivity contribution in [2.75, 3.05) is 39.8 Å². The van der Waals surface area contributed by atoms with Crippen molar-refractivity contribution in [2.24, 2.45) is 0 Å². The van der Waals surface area contributed by atoms with Gasteiger partial charge in [-0.2, -0.15) is 0 Å². The molecule has 0 heterocycles. The lowest BCUT2D eigenvalue weighted by Crippen LogP contribution is -2.40. The van der Waals surface area contributed by atoms with Crippen LogP contribution >= 0.6 is 7.52 Å². The van der Waals surface area contributed by atoms with Crippen LogP contribution in [0.4, 0.5) is 0 Å². The van der Waals surface area contributed by atoms with Crippen LogP contribution in [-0.2, 0) is 38.0 Å². The normalized spacial score (nSPS) is 13.4. The lowest BCUT2D eigenvalue weighted by Gasteiger charge is -2.25. The molecule has 0 spiro atoms. The number of rotatable bonds is 23. The Labute approximate surface area is 249 Å². The van der Waals surface area contributed by atoms with Crippen molar-refractivity contribution >= 4 is 31.8 Å². The second-order valence-corrected chi connectivity index (χ2v) is 11.7. The molecule has 1 aromatic rings. The van der Waals surface area contributed by atoms with E-state index in [0.29, 0.717) is 31.4 Å². The van der Waals surface area contributed by atoms with Gasteiger partial charge in [-0.25, -0.2) is 5.09 Å². The Hall–Kier alpha value is -3.21. The first-order valence-corrected chi connectivity index (χ1v) is 16.1. The number of ether oxygens (including phenoxy) is 3. The summed E-state index contributed by atoms with van der Waals surface area (Å²) in [5, 5.41) is 4.78. The quantitative estimate of drug-likeness (QED) is 0.0604. The number of hydrogen-bond acceptors (Lipinski definition) is 10. The molecule has 2 N–H and O–H groups in total. The van der Waals surface area contributed by atoms with Crippen molar-refractivity contribution in [3.63, 3.8) is 0 Å². The van der Waals surface area contributed by atoms with Gasteiger partial charge >= 0.3 is 19.5 Å². The molecule has 0 bridgehead atoms. The van der Waals surface area contributed by atoms with Gasteiger partial charge in [0, 0.05) is 25.4 Å². The van der Waals surface area contributed by atoms with E-state index in [1.807, 2.05) is 13.8 Å². The van der Waals surface area contributed by atoms with Crippen LogP contribution in [0, 0.1) is 0 Å². The number of hydrogen-bond donors (Lipinski definition) is 2. The van der Waals surface area contributed by atoms with E-state index >= 15 is 0 Å². The molecule has 1 unspecified atom stereocenters. The Kier molecular flexibility index (Phi) is 18.8. The molecule has 42 heavy (non-hydrogen) atoms. The summed E-state index contributed by atoms with van der Waals surface area (Å²) in [4.78, 5) is 49.4. The molecule has 0 aliphatic rings. The Morgan fingerprint density at radius 1 is 0.976 bits per heavy atom. The van der Waals surface area contributed by atoms with Gasteiger partial charge in [0.1, 0.15) is 18.1 Å². The standard InChI is InChI=1S/C29H46N3O9P/c1-5-7-12-17-39-27(34)20-26(29(36)40-18-13-8-6-2)31-42(37,41-25-14-10-9-11-15-25)23-38-19-16-32(4)21-24(3)28(35)30-22-33/h9-11,14-15,21-22,26H,5-8,12-13,16-20,23H2,1-4H3,(H,31,37)(H,30,33,35)/b24-21-/t26-,42?/m0/s1. The Morgan fingerprint density at radius 3 is 2.24 bits per heavy atom. The molecular weight excluding hydrogens is 565 g/mol. The molecule has 13 heteroatoms. The third kappa shape index (κ3) is 16.3. The number of nitrogens with zero attached hydrogens (tertiary/aromatic N) is 1. The second kappa shape index (κ2) is 21.5. The topological polar surface area (TPSA) is 150 Å². The fourth-order valence-corrected chi connectivity index (χ4v) is 5.25.